The van der Waals surface area contributed by atoms with Crippen LogP contribution < -0.4 is 10.6 Å². The maximum Gasteiger partial charge on any atom is 0.323 e. The minimum atomic E-state index is -0.677. The maximum absolute atomic E-state index is 11.2. The third-order valence-electron chi connectivity index (χ3n) is 3.41. The Hall–Kier alpha value is -0.610. The van der Waals surface area contributed by atoms with E-state index in [0.717, 1.165) is 38.8 Å². The van der Waals surface area contributed by atoms with Gasteiger partial charge < -0.3 is 15.7 Å². The Balaban J connectivity index is 1.99. The average Bonchev–Trinajstić information content (AvgIpc) is 2.76. The Labute approximate surface area is 84.1 Å². The monoisotopic (exact) mass is 198 g/mol. The van der Waals surface area contributed by atoms with Crippen molar-refractivity contribution < 1.29 is 9.90 Å². The third kappa shape index (κ3) is 1.77. The van der Waals surface area contributed by atoms with Crippen LogP contribution in [0.2, 0.25) is 0 Å². The molecule has 80 valence electrons. The summed E-state index contributed by atoms with van der Waals surface area (Å²) in [6.45, 7) is 1.89. The van der Waals surface area contributed by atoms with Crippen molar-refractivity contribution in [1.82, 2.24) is 10.6 Å². The minimum absolute atomic E-state index is 0.400. The van der Waals surface area contributed by atoms with Crippen LogP contribution in [0.5, 0.6) is 0 Å². The summed E-state index contributed by atoms with van der Waals surface area (Å²) >= 11 is 0. The number of carboxylic acids is 1. The van der Waals surface area contributed by atoms with Gasteiger partial charge >= 0.3 is 5.97 Å². The molecule has 0 aromatic heterocycles. The molecule has 2 atom stereocenters. The largest absolute Gasteiger partial charge is 0.480 e. The molecular formula is C10H18N2O2. The van der Waals surface area contributed by atoms with E-state index in [2.05, 4.69) is 10.6 Å². The summed E-state index contributed by atoms with van der Waals surface area (Å²) in [5.74, 6) is -0.677. The second kappa shape index (κ2) is 3.87. The van der Waals surface area contributed by atoms with Gasteiger partial charge in [0.2, 0.25) is 0 Å². The third-order valence-corrected chi connectivity index (χ3v) is 3.41. The Morgan fingerprint density at radius 2 is 2.29 bits per heavy atom. The molecule has 4 heteroatoms. The zero-order chi connectivity index (χ0) is 10.0. The molecule has 0 radical (unpaired) electrons. The van der Waals surface area contributed by atoms with Gasteiger partial charge in [0.1, 0.15) is 5.54 Å². The van der Waals surface area contributed by atoms with E-state index in [-0.39, 0.29) is 0 Å². The molecule has 2 unspecified atom stereocenters. The molecule has 0 saturated carbocycles. The number of carboxylic acid groups (broad SMARTS) is 1. The lowest BCUT2D eigenvalue weighted by Gasteiger charge is -2.27. The van der Waals surface area contributed by atoms with Gasteiger partial charge in [0.05, 0.1) is 0 Å². The van der Waals surface area contributed by atoms with Crippen LogP contribution in [-0.4, -0.2) is 35.7 Å². The number of hydrogen-bond acceptors (Lipinski definition) is 3. The van der Waals surface area contributed by atoms with Gasteiger partial charge in [-0.15, -0.1) is 0 Å². The molecule has 2 rings (SSSR count). The highest BCUT2D eigenvalue weighted by molar-refractivity contribution is 5.79. The van der Waals surface area contributed by atoms with E-state index < -0.39 is 11.5 Å². The number of rotatable bonds is 3. The first-order valence-electron chi connectivity index (χ1n) is 5.45. The van der Waals surface area contributed by atoms with Gasteiger partial charge in [-0.3, -0.25) is 4.79 Å². The number of hydrogen-bond donors (Lipinski definition) is 3. The molecule has 0 aromatic rings. The fourth-order valence-electron chi connectivity index (χ4n) is 2.60. The zero-order valence-corrected chi connectivity index (χ0v) is 8.38. The molecular weight excluding hydrogens is 180 g/mol. The molecule has 2 aliphatic heterocycles. The zero-order valence-electron chi connectivity index (χ0n) is 8.38. The average molecular weight is 198 g/mol. The first-order valence-corrected chi connectivity index (χ1v) is 5.45. The summed E-state index contributed by atoms with van der Waals surface area (Å²) < 4.78 is 0. The Morgan fingerprint density at radius 3 is 2.79 bits per heavy atom. The molecule has 2 fully saturated rings. The molecule has 14 heavy (non-hydrogen) atoms. The van der Waals surface area contributed by atoms with Gasteiger partial charge in [0.25, 0.3) is 0 Å². The minimum Gasteiger partial charge on any atom is -0.480 e. The van der Waals surface area contributed by atoms with Crippen molar-refractivity contribution >= 4 is 5.97 Å². The van der Waals surface area contributed by atoms with Gasteiger partial charge in [0, 0.05) is 6.04 Å². The van der Waals surface area contributed by atoms with E-state index in [1.807, 2.05) is 0 Å². The Kier molecular flexibility index (Phi) is 2.74. The summed E-state index contributed by atoms with van der Waals surface area (Å²) in [5.41, 5.74) is -0.637. The second-order valence-corrected chi connectivity index (χ2v) is 4.41. The highest BCUT2D eigenvalue weighted by Crippen LogP contribution is 2.27. The summed E-state index contributed by atoms with van der Waals surface area (Å²) in [6.07, 6.45) is 4.80. The fraction of sp³-hybridized carbons (Fsp3) is 0.900. The lowest BCUT2D eigenvalue weighted by Crippen LogP contribution is -2.51. The topological polar surface area (TPSA) is 61.4 Å². The molecule has 0 aromatic carbocycles. The van der Waals surface area contributed by atoms with Crippen LogP contribution in [0.4, 0.5) is 0 Å². The smallest absolute Gasteiger partial charge is 0.323 e. The van der Waals surface area contributed by atoms with Crippen LogP contribution in [0.3, 0.4) is 0 Å². The maximum atomic E-state index is 11.2. The van der Waals surface area contributed by atoms with E-state index >= 15 is 0 Å². The first kappa shape index (κ1) is 9.93. The molecule has 0 spiro atoms. The van der Waals surface area contributed by atoms with Gasteiger partial charge in [-0.25, -0.2) is 0 Å². The predicted octanol–water partition coefficient (Wildman–Crippen LogP) is 0.335. The van der Waals surface area contributed by atoms with Crippen LogP contribution in [0, 0.1) is 0 Å². The van der Waals surface area contributed by atoms with Gasteiger partial charge in [-0.2, -0.15) is 0 Å². The predicted molar refractivity (Wildman–Crippen MR) is 53.2 cm³/mol. The summed E-state index contributed by atoms with van der Waals surface area (Å²) in [5, 5.41) is 15.8. The summed E-state index contributed by atoms with van der Waals surface area (Å²) in [7, 11) is 0. The van der Waals surface area contributed by atoms with Gasteiger partial charge in [-0.05, 0) is 45.2 Å². The van der Waals surface area contributed by atoms with Crippen molar-refractivity contribution in [3.8, 4) is 0 Å². The van der Waals surface area contributed by atoms with Crippen molar-refractivity contribution in [2.45, 2.75) is 43.7 Å². The first-order chi connectivity index (χ1) is 6.73. The van der Waals surface area contributed by atoms with Gasteiger partial charge in [-0.1, -0.05) is 0 Å². The normalized spacial score (nSPS) is 37.6. The number of aliphatic carboxylic acids is 1. The molecule has 4 nitrogen and oxygen atoms in total. The molecule has 0 amide bonds. The second-order valence-electron chi connectivity index (χ2n) is 4.41. The van der Waals surface area contributed by atoms with Crippen molar-refractivity contribution in [2.24, 2.45) is 0 Å². The SMILES string of the molecule is O=C(O)C1(CC2CCCN2)CCCN1. The van der Waals surface area contributed by atoms with Crippen LogP contribution in [0.1, 0.15) is 32.1 Å². The van der Waals surface area contributed by atoms with Crippen molar-refractivity contribution in [2.75, 3.05) is 13.1 Å². The fourth-order valence-corrected chi connectivity index (χ4v) is 2.60. The molecule has 2 aliphatic rings. The highest BCUT2D eigenvalue weighted by Gasteiger charge is 2.42. The van der Waals surface area contributed by atoms with Crippen molar-refractivity contribution in [3.63, 3.8) is 0 Å². The van der Waals surface area contributed by atoms with Gasteiger partial charge in [0.15, 0.2) is 0 Å². The van der Waals surface area contributed by atoms with Crippen molar-refractivity contribution in [1.29, 1.82) is 0 Å². The standard InChI is InChI=1S/C10H18N2O2/c13-9(14)10(4-2-6-12-10)7-8-3-1-5-11-8/h8,11-12H,1-7H2,(H,13,14). The lowest BCUT2D eigenvalue weighted by atomic mass is 9.89. The van der Waals surface area contributed by atoms with E-state index in [9.17, 15) is 9.90 Å². The van der Waals surface area contributed by atoms with E-state index in [0.29, 0.717) is 6.04 Å². The molecule has 2 heterocycles. The summed E-state index contributed by atoms with van der Waals surface area (Å²) in [4.78, 5) is 11.2. The lowest BCUT2D eigenvalue weighted by molar-refractivity contribution is -0.144. The summed E-state index contributed by atoms with van der Waals surface area (Å²) in [6, 6.07) is 0.400. The molecule has 0 aliphatic carbocycles. The van der Waals surface area contributed by atoms with Crippen LogP contribution in [0.15, 0.2) is 0 Å². The van der Waals surface area contributed by atoms with E-state index in [1.165, 1.54) is 6.42 Å². The van der Waals surface area contributed by atoms with Crippen LogP contribution in [-0.2, 0) is 4.79 Å². The van der Waals surface area contributed by atoms with Crippen LogP contribution >= 0.6 is 0 Å². The molecule has 3 N–H and O–H groups in total. The highest BCUT2D eigenvalue weighted by atomic mass is 16.4. The van der Waals surface area contributed by atoms with Crippen molar-refractivity contribution in [3.05, 3.63) is 0 Å². The number of nitrogens with one attached hydrogen (secondary N) is 2. The van der Waals surface area contributed by atoms with E-state index in [4.69, 9.17) is 0 Å². The quantitative estimate of drug-likeness (QED) is 0.612. The van der Waals surface area contributed by atoms with Crippen LogP contribution in [0.25, 0.3) is 0 Å². The Bertz CT molecular complexity index is 218. The Morgan fingerprint density at radius 1 is 1.43 bits per heavy atom. The van der Waals surface area contributed by atoms with E-state index in [1.54, 1.807) is 0 Å². The molecule has 0 bridgehead atoms. The molecule has 2 saturated heterocycles. The number of carbonyl (C=O) groups is 1.